The maximum Gasteiger partial charge on any atom is 0.101 e. The van der Waals surface area contributed by atoms with Gasteiger partial charge in [-0.05, 0) is 30.5 Å². The minimum Gasteiger partial charge on any atom is -0.380 e. The van der Waals surface area contributed by atoms with Gasteiger partial charge in [0.15, 0.2) is 0 Å². The largest absolute Gasteiger partial charge is 0.380 e. The van der Waals surface area contributed by atoms with Gasteiger partial charge < -0.3 is 10.1 Å². The average molecular weight is 218 g/mol. The minimum absolute atomic E-state index is 0.655. The molecule has 1 aromatic rings. The first-order valence-electron chi connectivity index (χ1n) is 5.77. The summed E-state index contributed by atoms with van der Waals surface area (Å²) >= 11 is 0. The van der Waals surface area contributed by atoms with Crippen LogP contribution in [0.15, 0.2) is 29.3 Å². The second-order valence-corrected chi connectivity index (χ2v) is 4.04. The van der Waals surface area contributed by atoms with Crippen molar-refractivity contribution < 1.29 is 4.74 Å². The molecule has 0 aromatic heterocycles. The third-order valence-corrected chi connectivity index (χ3v) is 2.65. The molecular formula is C13H18N2O. The van der Waals surface area contributed by atoms with Crippen molar-refractivity contribution in [2.45, 2.75) is 25.9 Å². The number of anilines is 1. The number of benzene rings is 1. The number of hydrogen-bond donors (Lipinski definition) is 1. The Hall–Kier alpha value is -1.35. The van der Waals surface area contributed by atoms with E-state index in [2.05, 4.69) is 28.5 Å². The highest BCUT2D eigenvalue weighted by atomic mass is 16.5. The summed E-state index contributed by atoms with van der Waals surface area (Å²) < 4.78 is 5.11. The molecule has 0 saturated heterocycles. The summed E-state index contributed by atoms with van der Waals surface area (Å²) in [5.41, 5.74) is 2.29. The van der Waals surface area contributed by atoms with Gasteiger partial charge in [-0.15, -0.1) is 0 Å². The fraction of sp³-hybridized carbons (Fsp3) is 0.462. The summed E-state index contributed by atoms with van der Waals surface area (Å²) in [6.45, 7) is 1.61. The fourth-order valence-electron chi connectivity index (χ4n) is 1.87. The molecule has 16 heavy (non-hydrogen) atoms. The number of amidine groups is 1. The number of hydrogen-bond acceptors (Lipinski definition) is 3. The van der Waals surface area contributed by atoms with E-state index >= 15 is 0 Å². The summed E-state index contributed by atoms with van der Waals surface area (Å²) in [6.07, 6.45) is 3.52. The Kier molecular flexibility index (Phi) is 3.94. The maximum atomic E-state index is 5.11. The number of nitrogens with one attached hydrogen (secondary N) is 1. The highest BCUT2D eigenvalue weighted by molar-refractivity contribution is 5.95. The lowest BCUT2D eigenvalue weighted by Crippen LogP contribution is -2.16. The highest BCUT2D eigenvalue weighted by Gasteiger charge is 2.05. The third-order valence-electron chi connectivity index (χ3n) is 2.65. The SMILES string of the molecule is COCc1cccc(NC2=NCCCC2)c1. The van der Waals surface area contributed by atoms with E-state index in [4.69, 9.17) is 4.74 Å². The van der Waals surface area contributed by atoms with Gasteiger partial charge in [-0.1, -0.05) is 12.1 Å². The van der Waals surface area contributed by atoms with Crippen LogP contribution in [0.2, 0.25) is 0 Å². The van der Waals surface area contributed by atoms with E-state index in [1.54, 1.807) is 7.11 Å². The van der Waals surface area contributed by atoms with Gasteiger partial charge in [0, 0.05) is 25.8 Å². The molecule has 0 unspecified atom stereocenters. The number of aliphatic imine (C=N–C) groups is 1. The molecule has 86 valence electrons. The molecule has 0 aliphatic carbocycles. The van der Waals surface area contributed by atoms with Crippen molar-refractivity contribution in [3.63, 3.8) is 0 Å². The van der Waals surface area contributed by atoms with Gasteiger partial charge in [-0.3, -0.25) is 4.99 Å². The summed E-state index contributed by atoms with van der Waals surface area (Å²) in [6, 6.07) is 8.29. The molecule has 0 atom stereocenters. The Morgan fingerprint density at radius 2 is 2.31 bits per heavy atom. The number of ether oxygens (including phenoxy) is 1. The van der Waals surface area contributed by atoms with Crippen molar-refractivity contribution in [3.05, 3.63) is 29.8 Å². The summed E-state index contributed by atoms with van der Waals surface area (Å²) in [7, 11) is 1.71. The molecule has 1 N–H and O–H groups in total. The molecule has 2 rings (SSSR count). The van der Waals surface area contributed by atoms with Crippen LogP contribution in [0.4, 0.5) is 5.69 Å². The lowest BCUT2D eigenvalue weighted by molar-refractivity contribution is 0.185. The van der Waals surface area contributed by atoms with Crippen molar-refractivity contribution in [1.82, 2.24) is 0 Å². The Bertz CT molecular complexity index is 374. The number of rotatable bonds is 3. The maximum absolute atomic E-state index is 5.11. The molecule has 0 amide bonds. The topological polar surface area (TPSA) is 33.6 Å². The molecule has 1 aliphatic heterocycles. The van der Waals surface area contributed by atoms with E-state index in [1.165, 1.54) is 18.4 Å². The van der Waals surface area contributed by atoms with Crippen molar-refractivity contribution in [2.75, 3.05) is 19.0 Å². The van der Waals surface area contributed by atoms with Crippen LogP contribution in [-0.4, -0.2) is 19.5 Å². The molecule has 0 spiro atoms. The second-order valence-electron chi connectivity index (χ2n) is 4.04. The summed E-state index contributed by atoms with van der Waals surface area (Å²) in [4.78, 5) is 4.47. The first kappa shape index (κ1) is 11.1. The van der Waals surface area contributed by atoms with Crippen LogP contribution >= 0.6 is 0 Å². The Labute approximate surface area is 96.5 Å². The zero-order valence-corrected chi connectivity index (χ0v) is 9.70. The Morgan fingerprint density at radius 1 is 1.38 bits per heavy atom. The molecule has 1 aromatic carbocycles. The van der Waals surface area contributed by atoms with Crippen LogP contribution < -0.4 is 5.32 Å². The van der Waals surface area contributed by atoms with Crippen LogP contribution in [0, 0.1) is 0 Å². The van der Waals surface area contributed by atoms with Gasteiger partial charge in [0.25, 0.3) is 0 Å². The molecule has 3 nitrogen and oxygen atoms in total. The van der Waals surface area contributed by atoms with E-state index in [1.807, 2.05) is 6.07 Å². The predicted molar refractivity (Wildman–Crippen MR) is 66.9 cm³/mol. The van der Waals surface area contributed by atoms with Gasteiger partial charge in [0.05, 0.1) is 6.61 Å². The van der Waals surface area contributed by atoms with Crippen LogP contribution in [-0.2, 0) is 11.3 Å². The molecule has 0 saturated carbocycles. The first-order chi connectivity index (χ1) is 7.88. The van der Waals surface area contributed by atoms with E-state index in [0.29, 0.717) is 6.61 Å². The lowest BCUT2D eigenvalue weighted by atomic mass is 10.1. The zero-order valence-electron chi connectivity index (χ0n) is 9.70. The second kappa shape index (κ2) is 5.66. The van der Waals surface area contributed by atoms with E-state index in [9.17, 15) is 0 Å². The average Bonchev–Trinajstić information content (AvgIpc) is 2.31. The first-order valence-corrected chi connectivity index (χ1v) is 5.77. The Balaban J connectivity index is 2.02. The lowest BCUT2D eigenvalue weighted by Gasteiger charge is -2.14. The summed E-state index contributed by atoms with van der Waals surface area (Å²) in [5, 5.41) is 3.37. The molecule has 0 radical (unpaired) electrons. The van der Waals surface area contributed by atoms with Gasteiger partial charge in [-0.2, -0.15) is 0 Å². The van der Waals surface area contributed by atoms with Gasteiger partial charge in [-0.25, -0.2) is 0 Å². The van der Waals surface area contributed by atoms with Crippen LogP contribution in [0.3, 0.4) is 0 Å². The standard InChI is InChI=1S/C13H18N2O/c1-16-10-11-5-4-6-12(9-11)15-13-7-2-3-8-14-13/h4-6,9H,2-3,7-8,10H2,1H3,(H,14,15). The van der Waals surface area contributed by atoms with Crippen molar-refractivity contribution in [1.29, 1.82) is 0 Å². The molecule has 1 aliphatic rings. The normalized spacial score (nSPS) is 15.7. The molecule has 3 heteroatoms. The van der Waals surface area contributed by atoms with Crippen molar-refractivity contribution in [3.8, 4) is 0 Å². The smallest absolute Gasteiger partial charge is 0.101 e. The summed E-state index contributed by atoms with van der Waals surface area (Å²) in [5.74, 6) is 1.11. The molecule has 1 heterocycles. The predicted octanol–water partition coefficient (Wildman–Crippen LogP) is 2.83. The monoisotopic (exact) mass is 218 g/mol. The van der Waals surface area contributed by atoms with E-state index < -0.39 is 0 Å². The van der Waals surface area contributed by atoms with E-state index in [0.717, 1.165) is 24.5 Å². The Morgan fingerprint density at radius 3 is 3.06 bits per heavy atom. The van der Waals surface area contributed by atoms with Crippen LogP contribution in [0.1, 0.15) is 24.8 Å². The zero-order chi connectivity index (χ0) is 11.2. The molecular weight excluding hydrogens is 200 g/mol. The van der Waals surface area contributed by atoms with Crippen molar-refractivity contribution in [2.24, 2.45) is 4.99 Å². The van der Waals surface area contributed by atoms with E-state index in [-0.39, 0.29) is 0 Å². The number of nitrogens with zero attached hydrogens (tertiary/aromatic N) is 1. The fourth-order valence-corrected chi connectivity index (χ4v) is 1.87. The van der Waals surface area contributed by atoms with Gasteiger partial charge in [0.1, 0.15) is 5.84 Å². The quantitative estimate of drug-likeness (QED) is 0.846. The molecule has 0 fully saturated rings. The van der Waals surface area contributed by atoms with Gasteiger partial charge in [0.2, 0.25) is 0 Å². The highest BCUT2D eigenvalue weighted by Crippen LogP contribution is 2.14. The molecule has 0 bridgehead atoms. The van der Waals surface area contributed by atoms with Crippen LogP contribution in [0.25, 0.3) is 0 Å². The number of methoxy groups -OCH3 is 1. The third kappa shape index (κ3) is 3.07. The minimum atomic E-state index is 0.655. The van der Waals surface area contributed by atoms with Crippen LogP contribution in [0.5, 0.6) is 0 Å². The van der Waals surface area contributed by atoms with Crippen molar-refractivity contribution >= 4 is 11.5 Å². The van der Waals surface area contributed by atoms with Gasteiger partial charge >= 0.3 is 0 Å².